The Bertz CT molecular complexity index is 1740. The molecule has 1 heterocycles. The number of hydrogen-bond acceptors (Lipinski definition) is 4. The van der Waals surface area contributed by atoms with Crippen LogP contribution in [0.3, 0.4) is 0 Å². The molecule has 5 aromatic rings. The van der Waals surface area contributed by atoms with Gasteiger partial charge in [-0.1, -0.05) is 139 Å². The van der Waals surface area contributed by atoms with E-state index in [1.54, 1.807) is 0 Å². The molecule has 0 unspecified atom stereocenters. The Morgan fingerprint density at radius 3 is 1.39 bits per heavy atom. The van der Waals surface area contributed by atoms with E-state index in [4.69, 9.17) is 26.4 Å². The number of thiocarbonyl (C=S) groups is 1. The lowest BCUT2D eigenvalue weighted by Crippen LogP contribution is -2.53. The summed E-state index contributed by atoms with van der Waals surface area (Å²) in [5, 5.41) is -0.0226. The van der Waals surface area contributed by atoms with Gasteiger partial charge in [-0.2, -0.15) is 0 Å². The van der Waals surface area contributed by atoms with Gasteiger partial charge in [0.25, 0.3) is 0 Å². The summed E-state index contributed by atoms with van der Waals surface area (Å²) < 4.78 is 19.8. The Hall–Kier alpha value is -5.13. The molecule has 214 valence electrons. The molecule has 0 aliphatic carbocycles. The monoisotopic (exact) mass is 590 g/mol. The van der Waals surface area contributed by atoms with Crippen LogP contribution in [0.1, 0.15) is 34.7 Å². The summed E-state index contributed by atoms with van der Waals surface area (Å²) in [6.07, 6.45) is 0. The maximum atomic E-state index is 7.22. The van der Waals surface area contributed by atoms with Crippen LogP contribution in [0.2, 0.25) is 0 Å². The normalized spacial score (nSPS) is 19.0. The van der Waals surface area contributed by atoms with Gasteiger partial charge in [0.05, 0.1) is 0 Å². The van der Waals surface area contributed by atoms with Crippen molar-refractivity contribution in [2.75, 3.05) is 6.61 Å². The molecular formula is C40H30O3S. The average Bonchev–Trinajstić information content (AvgIpc) is 3.34. The lowest BCUT2D eigenvalue weighted by Gasteiger charge is -2.39. The molecule has 0 radical (unpaired) electrons. The van der Waals surface area contributed by atoms with E-state index in [1.165, 1.54) is 0 Å². The molecule has 6 rings (SSSR count). The molecule has 0 amide bonds. The molecule has 44 heavy (non-hydrogen) atoms. The molecule has 0 N–H and O–H groups in total. The third-order valence-electron chi connectivity index (χ3n) is 7.75. The van der Waals surface area contributed by atoms with Crippen molar-refractivity contribution in [1.82, 2.24) is 0 Å². The SMILES string of the molecule is C[C@]1(C#Cc2ccccc2)OC(=S)O[C@]1(C#Cc1ccccc1)COC(c1ccccc1)(c1ccccc1)c1ccccc1. The molecule has 1 saturated heterocycles. The maximum absolute atomic E-state index is 7.22. The fraction of sp³-hybridized carbons (Fsp3) is 0.125. The van der Waals surface area contributed by atoms with Crippen LogP contribution < -0.4 is 0 Å². The van der Waals surface area contributed by atoms with Gasteiger partial charge in [0.15, 0.2) is 0 Å². The minimum absolute atomic E-state index is 0.00831. The van der Waals surface area contributed by atoms with Crippen molar-refractivity contribution < 1.29 is 14.2 Å². The number of benzene rings is 5. The maximum Gasteiger partial charge on any atom is 0.355 e. The zero-order chi connectivity index (χ0) is 30.3. The summed E-state index contributed by atoms with van der Waals surface area (Å²) in [5.74, 6) is 13.3. The van der Waals surface area contributed by atoms with E-state index < -0.39 is 16.8 Å². The van der Waals surface area contributed by atoms with E-state index in [0.717, 1.165) is 27.8 Å². The van der Waals surface area contributed by atoms with Crippen LogP contribution >= 0.6 is 12.2 Å². The van der Waals surface area contributed by atoms with Crippen LogP contribution in [0.15, 0.2) is 152 Å². The molecule has 5 aromatic carbocycles. The highest BCUT2D eigenvalue weighted by molar-refractivity contribution is 7.79. The molecule has 1 aliphatic heterocycles. The van der Waals surface area contributed by atoms with Crippen LogP contribution in [-0.2, 0) is 19.8 Å². The van der Waals surface area contributed by atoms with E-state index in [0.29, 0.717) is 0 Å². The van der Waals surface area contributed by atoms with Crippen LogP contribution in [0.4, 0.5) is 0 Å². The summed E-state index contributed by atoms with van der Waals surface area (Å²) >= 11 is 5.53. The first-order valence-electron chi connectivity index (χ1n) is 14.4. The second-order valence-corrected chi connectivity index (χ2v) is 10.9. The van der Waals surface area contributed by atoms with Crippen molar-refractivity contribution in [1.29, 1.82) is 0 Å². The van der Waals surface area contributed by atoms with Crippen LogP contribution in [0, 0.1) is 23.7 Å². The fourth-order valence-electron chi connectivity index (χ4n) is 5.37. The molecule has 0 bridgehead atoms. The highest BCUT2D eigenvalue weighted by Crippen LogP contribution is 2.44. The topological polar surface area (TPSA) is 27.7 Å². The second kappa shape index (κ2) is 12.6. The lowest BCUT2D eigenvalue weighted by atomic mass is 9.79. The van der Waals surface area contributed by atoms with Crippen molar-refractivity contribution in [2.24, 2.45) is 0 Å². The first-order valence-corrected chi connectivity index (χ1v) is 14.8. The van der Waals surface area contributed by atoms with Crippen LogP contribution in [0.25, 0.3) is 0 Å². The highest BCUT2D eigenvalue weighted by Gasteiger charge is 2.60. The fourth-order valence-corrected chi connectivity index (χ4v) is 5.68. The predicted molar refractivity (Wildman–Crippen MR) is 178 cm³/mol. The van der Waals surface area contributed by atoms with Gasteiger partial charge in [0, 0.05) is 23.3 Å². The van der Waals surface area contributed by atoms with E-state index in [2.05, 4.69) is 60.1 Å². The van der Waals surface area contributed by atoms with Crippen molar-refractivity contribution in [3.05, 3.63) is 179 Å². The van der Waals surface area contributed by atoms with Crippen molar-refractivity contribution in [3.8, 4) is 23.7 Å². The smallest absolute Gasteiger partial charge is 0.355 e. The molecule has 0 spiro atoms. The molecule has 1 aliphatic rings. The summed E-state index contributed by atoms with van der Waals surface area (Å²) in [6, 6.07) is 50.1. The van der Waals surface area contributed by atoms with Gasteiger partial charge in [-0.25, -0.2) is 0 Å². The van der Waals surface area contributed by atoms with E-state index in [-0.39, 0.29) is 11.8 Å². The minimum atomic E-state index is -1.37. The van der Waals surface area contributed by atoms with Crippen LogP contribution in [-0.4, -0.2) is 23.0 Å². The van der Waals surface area contributed by atoms with E-state index in [9.17, 15) is 0 Å². The molecule has 1 fully saturated rings. The summed E-state index contributed by atoms with van der Waals surface area (Å²) in [6.45, 7) is 1.85. The Balaban J connectivity index is 1.53. The highest BCUT2D eigenvalue weighted by atomic mass is 32.1. The molecule has 2 atom stereocenters. The summed E-state index contributed by atoms with van der Waals surface area (Å²) in [4.78, 5) is 0. The van der Waals surface area contributed by atoms with E-state index >= 15 is 0 Å². The second-order valence-electron chi connectivity index (χ2n) is 10.6. The molecular weight excluding hydrogens is 561 g/mol. The molecule has 0 saturated carbocycles. The van der Waals surface area contributed by atoms with Gasteiger partial charge < -0.3 is 14.2 Å². The third kappa shape index (κ3) is 5.75. The molecule has 4 heteroatoms. The van der Waals surface area contributed by atoms with Gasteiger partial charge in [0.1, 0.15) is 12.2 Å². The number of hydrogen-bond donors (Lipinski definition) is 0. The average molecular weight is 591 g/mol. The number of rotatable bonds is 6. The zero-order valence-corrected chi connectivity index (χ0v) is 25.1. The first kappa shape index (κ1) is 29.0. The van der Waals surface area contributed by atoms with E-state index in [1.807, 2.05) is 122 Å². The summed E-state index contributed by atoms with van der Waals surface area (Å²) in [7, 11) is 0. The third-order valence-corrected chi connectivity index (χ3v) is 7.92. The lowest BCUT2D eigenvalue weighted by molar-refractivity contribution is -0.0770. The standard InChI is InChI=1S/C40H30O3S/c1-38(29-27-32-17-7-2-8-18-32)39(43-37(44)42-38,30-28-33-19-9-3-10-20-33)31-41-40(34-21-11-4-12-22-34,35-23-13-5-14-24-35)36-25-15-6-16-26-36/h2-26H,31H2,1H3/t38-,39-/m1/s1. The first-order chi connectivity index (χ1) is 21.5. The Kier molecular flexibility index (Phi) is 8.31. The van der Waals surface area contributed by atoms with Crippen molar-refractivity contribution in [2.45, 2.75) is 23.7 Å². The van der Waals surface area contributed by atoms with Crippen LogP contribution in [0.5, 0.6) is 0 Å². The quantitative estimate of drug-likeness (QED) is 0.114. The zero-order valence-electron chi connectivity index (χ0n) is 24.3. The van der Waals surface area contributed by atoms with Gasteiger partial charge in [-0.05, 0) is 59.7 Å². The Labute approximate surface area is 264 Å². The minimum Gasteiger partial charge on any atom is -0.432 e. The predicted octanol–water partition coefficient (Wildman–Crippen LogP) is 7.93. The molecule has 0 aromatic heterocycles. The van der Waals surface area contributed by atoms with Gasteiger partial charge >= 0.3 is 5.24 Å². The van der Waals surface area contributed by atoms with Gasteiger partial charge in [-0.15, -0.1) is 0 Å². The van der Waals surface area contributed by atoms with Gasteiger partial charge in [0.2, 0.25) is 11.2 Å². The van der Waals surface area contributed by atoms with Crippen molar-refractivity contribution >= 4 is 17.5 Å². The molecule has 3 nitrogen and oxygen atoms in total. The van der Waals surface area contributed by atoms with Crippen molar-refractivity contribution in [3.63, 3.8) is 0 Å². The van der Waals surface area contributed by atoms with Gasteiger partial charge in [-0.3, -0.25) is 0 Å². The number of ether oxygens (including phenoxy) is 3. The Morgan fingerprint density at radius 1 is 0.568 bits per heavy atom. The summed E-state index contributed by atoms with van der Waals surface area (Å²) in [5.41, 5.74) is 0.918. The largest absolute Gasteiger partial charge is 0.432 e. The Morgan fingerprint density at radius 2 is 0.955 bits per heavy atom.